The highest BCUT2D eigenvalue weighted by Crippen LogP contribution is 2.49. The molecule has 57 heavy (non-hydrogen) atoms. The van der Waals surface area contributed by atoms with E-state index < -0.39 is 0 Å². The van der Waals surface area contributed by atoms with Gasteiger partial charge in [0.1, 0.15) is 11.2 Å². The van der Waals surface area contributed by atoms with Crippen molar-refractivity contribution in [2.24, 2.45) is 0 Å². The summed E-state index contributed by atoms with van der Waals surface area (Å²) in [6.07, 6.45) is 0. The van der Waals surface area contributed by atoms with E-state index in [0.717, 1.165) is 66.8 Å². The summed E-state index contributed by atoms with van der Waals surface area (Å²) in [4.78, 5) is 2.43. The van der Waals surface area contributed by atoms with Crippen molar-refractivity contribution < 1.29 is 4.42 Å². The second kappa shape index (κ2) is 13.6. The molecule has 3 nitrogen and oxygen atoms in total. The minimum Gasteiger partial charge on any atom is -0.455 e. The number of nitrogens with zero attached hydrogens (tertiary/aromatic N) is 2. The van der Waals surface area contributed by atoms with Crippen molar-refractivity contribution in [2.45, 2.75) is 0 Å². The molecule has 3 heteroatoms. The van der Waals surface area contributed by atoms with Crippen molar-refractivity contribution in [2.75, 3.05) is 4.90 Å². The van der Waals surface area contributed by atoms with E-state index in [4.69, 9.17) is 4.42 Å². The van der Waals surface area contributed by atoms with Crippen LogP contribution in [0.2, 0.25) is 0 Å². The normalized spacial score (nSPS) is 11.5. The number of rotatable bonds is 7. The molecule has 2 heterocycles. The molecule has 9 aromatic carbocycles. The third-order valence-corrected chi connectivity index (χ3v) is 11.2. The summed E-state index contributed by atoms with van der Waals surface area (Å²) in [5, 5.41) is 4.60. The van der Waals surface area contributed by atoms with Crippen LogP contribution >= 0.6 is 0 Å². The number of benzene rings is 9. The van der Waals surface area contributed by atoms with Crippen LogP contribution in [0.15, 0.2) is 223 Å². The van der Waals surface area contributed by atoms with Crippen molar-refractivity contribution in [1.82, 2.24) is 4.57 Å². The first kappa shape index (κ1) is 32.8. The zero-order valence-electron chi connectivity index (χ0n) is 31.1. The highest BCUT2D eigenvalue weighted by molar-refractivity contribution is 6.18. The highest BCUT2D eigenvalue weighted by atomic mass is 16.3. The van der Waals surface area contributed by atoms with Crippen molar-refractivity contribution >= 4 is 60.8 Å². The molecule has 2 aromatic heterocycles. The number of fused-ring (bicyclic) bond motifs is 6. The number of para-hydroxylation sites is 5. The molecule has 0 radical (unpaired) electrons. The summed E-state index contributed by atoms with van der Waals surface area (Å²) in [6.45, 7) is 0. The Labute approximate surface area is 330 Å². The van der Waals surface area contributed by atoms with Crippen LogP contribution in [0.5, 0.6) is 0 Å². The summed E-state index contributed by atoms with van der Waals surface area (Å²) in [6, 6.07) is 78.1. The maximum absolute atomic E-state index is 6.63. The van der Waals surface area contributed by atoms with Gasteiger partial charge in [0.25, 0.3) is 0 Å². The molecule has 0 bridgehead atoms. The van der Waals surface area contributed by atoms with Gasteiger partial charge in [0.2, 0.25) is 0 Å². The summed E-state index contributed by atoms with van der Waals surface area (Å²) < 4.78 is 9.10. The molecule has 0 fully saturated rings. The van der Waals surface area contributed by atoms with Gasteiger partial charge in [-0.1, -0.05) is 170 Å². The number of furan rings is 1. The Kier molecular flexibility index (Phi) is 7.82. The Hall–Kier alpha value is -7.62. The molecule has 0 aliphatic carbocycles. The Bertz CT molecular complexity index is 3230. The molecule has 0 aliphatic heterocycles. The number of anilines is 3. The first-order chi connectivity index (χ1) is 28.3. The van der Waals surface area contributed by atoms with Gasteiger partial charge in [-0.2, -0.15) is 0 Å². The van der Waals surface area contributed by atoms with Crippen LogP contribution < -0.4 is 4.90 Å². The number of aromatic nitrogens is 1. The molecule has 0 unspecified atom stereocenters. The van der Waals surface area contributed by atoms with Crippen LogP contribution in [0.3, 0.4) is 0 Å². The predicted octanol–water partition coefficient (Wildman–Crippen LogP) is 15.2. The van der Waals surface area contributed by atoms with E-state index in [9.17, 15) is 0 Å². The largest absolute Gasteiger partial charge is 0.455 e. The van der Waals surface area contributed by atoms with E-state index in [-0.39, 0.29) is 0 Å². The Morgan fingerprint density at radius 3 is 1.75 bits per heavy atom. The zero-order chi connectivity index (χ0) is 37.7. The van der Waals surface area contributed by atoms with Crippen molar-refractivity contribution in [3.8, 4) is 39.1 Å². The van der Waals surface area contributed by atoms with E-state index in [2.05, 4.69) is 222 Å². The van der Waals surface area contributed by atoms with Crippen molar-refractivity contribution in [3.63, 3.8) is 0 Å². The van der Waals surface area contributed by atoms with Crippen LogP contribution in [-0.2, 0) is 0 Å². The van der Waals surface area contributed by atoms with Crippen molar-refractivity contribution in [3.05, 3.63) is 218 Å². The third kappa shape index (κ3) is 5.36. The monoisotopic (exact) mass is 728 g/mol. The fourth-order valence-corrected chi connectivity index (χ4v) is 8.78. The lowest BCUT2D eigenvalue weighted by molar-refractivity contribution is 0.670. The second-order valence-corrected chi connectivity index (χ2v) is 14.4. The first-order valence-electron chi connectivity index (χ1n) is 19.4. The maximum atomic E-state index is 6.63. The van der Waals surface area contributed by atoms with E-state index in [1.54, 1.807) is 0 Å². The van der Waals surface area contributed by atoms with Gasteiger partial charge in [-0.15, -0.1) is 0 Å². The smallest absolute Gasteiger partial charge is 0.143 e. The SMILES string of the molecule is c1ccc(-c2cccc(-n3c4ccccc4c4c(N(c5ccccc5)c5ccccc5-c5cccc6c5oc5ccccc56)cccc43)c2-c2ccccc2)cc1. The minimum atomic E-state index is 0.890. The quantitative estimate of drug-likeness (QED) is 0.163. The van der Waals surface area contributed by atoms with Gasteiger partial charge in [-0.3, -0.25) is 0 Å². The first-order valence-corrected chi connectivity index (χ1v) is 19.4. The third-order valence-electron chi connectivity index (χ3n) is 11.2. The maximum Gasteiger partial charge on any atom is 0.143 e. The van der Waals surface area contributed by atoms with Crippen LogP contribution in [0.1, 0.15) is 0 Å². The number of hydrogen-bond acceptors (Lipinski definition) is 2. The molecule has 0 amide bonds. The molecule has 0 N–H and O–H groups in total. The van der Waals surface area contributed by atoms with E-state index in [1.165, 1.54) is 33.0 Å². The van der Waals surface area contributed by atoms with E-state index in [1.807, 2.05) is 6.07 Å². The van der Waals surface area contributed by atoms with Gasteiger partial charge in [-0.05, 0) is 65.2 Å². The zero-order valence-corrected chi connectivity index (χ0v) is 31.1. The van der Waals surface area contributed by atoms with E-state index in [0.29, 0.717) is 0 Å². The van der Waals surface area contributed by atoms with Gasteiger partial charge in [0, 0.05) is 43.9 Å². The Morgan fingerprint density at radius 2 is 0.930 bits per heavy atom. The average molecular weight is 729 g/mol. The topological polar surface area (TPSA) is 21.3 Å². The highest BCUT2D eigenvalue weighted by Gasteiger charge is 2.25. The fourth-order valence-electron chi connectivity index (χ4n) is 8.78. The van der Waals surface area contributed by atoms with Crippen LogP contribution in [-0.4, -0.2) is 4.57 Å². The standard InChI is InChI=1S/C54H36N2O/c1-4-19-37(20-5-1)40-28-17-33-48(52(40)38-21-6-2-7-22-38)56-47-32-14-11-27-45(47)53-49(34-18-35-50(53)56)55(39-23-8-3-9-24-39)46-31-13-10-25-41(46)43-29-16-30-44-42-26-12-15-36-51(42)57-54(43)44/h1-36H. The van der Waals surface area contributed by atoms with Crippen LogP contribution in [0, 0.1) is 0 Å². The van der Waals surface area contributed by atoms with Crippen LogP contribution in [0.25, 0.3) is 82.8 Å². The molecule has 11 aromatic rings. The Morgan fingerprint density at radius 1 is 0.368 bits per heavy atom. The lowest BCUT2D eigenvalue weighted by Crippen LogP contribution is -2.11. The Balaban J connectivity index is 1.21. The predicted molar refractivity (Wildman–Crippen MR) is 239 cm³/mol. The summed E-state index contributed by atoms with van der Waals surface area (Å²) in [7, 11) is 0. The molecule has 11 rings (SSSR count). The molecule has 0 saturated carbocycles. The average Bonchev–Trinajstić information content (AvgIpc) is 3.84. The van der Waals surface area contributed by atoms with Crippen molar-refractivity contribution in [1.29, 1.82) is 0 Å². The van der Waals surface area contributed by atoms with Gasteiger partial charge < -0.3 is 13.9 Å². The molecular weight excluding hydrogens is 693 g/mol. The molecule has 0 atom stereocenters. The fraction of sp³-hybridized carbons (Fsp3) is 0. The van der Waals surface area contributed by atoms with Gasteiger partial charge in [0.15, 0.2) is 0 Å². The molecule has 0 spiro atoms. The van der Waals surface area contributed by atoms with Gasteiger partial charge in [-0.25, -0.2) is 0 Å². The molecule has 0 aliphatic rings. The summed E-state index contributed by atoms with van der Waals surface area (Å²) in [5.41, 5.74) is 15.3. The lowest BCUT2D eigenvalue weighted by atomic mass is 9.93. The summed E-state index contributed by atoms with van der Waals surface area (Å²) in [5.74, 6) is 0. The van der Waals surface area contributed by atoms with Gasteiger partial charge >= 0.3 is 0 Å². The molecule has 268 valence electrons. The van der Waals surface area contributed by atoms with E-state index >= 15 is 0 Å². The minimum absolute atomic E-state index is 0.890. The molecule has 0 saturated heterocycles. The van der Waals surface area contributed by atoms with Crippen LogP contribution in [0.4, 0.5) is 17.1 Å². The second-order valence-electron chi connectivity index (χ2n) is 14.4. The number of hydrogen-bond donors (Lipinski definition) is 0. The molecular formula is C54H36N2O. The summed E-state index contributed by atoms with van der Waals surface area (Å²) >= 11 is 0. The van der Waals surface area contributed by atoms with Gasteiger partial charge in [0.05, 0.1) is 28.1 Å². The lowest BCUT2D eigenvalue weighted by Gasteiger charge is -2.28.